The molecule has 1 saturated carbocycles. The molecular weight excluding hydrogens is 314 g/mol. The van der Waals surface area contributed by atoms with Gasteiger partial charge in [-0.3, -0.25) is 24.1 Å². The van der Waals surface area contributed by atoms with Gasteiger partial charge in [0.15, 0.2) is 0 Å². The number of amides is 4. The Kier molecular flexibility index (Phi) is 3.10. The van der Waals surface area contributed by atoms with Crippen LogP contribution in [0, 0.1) is 17.8 Å². The van der Waals surface area contributed by atoms with Gasteiger partial charge in [-0.05, 0) is 25.7 Å². The maximum absolute atomic E-state index is 13.1. The minimum atomic E-state index is -1.33. The summed E-state index contributed by atoms with van der Waals surface area (Å²) in [5, 5.41) is 9.17. The van der Waals surface area contributed by atoms with Crippen LogP contribution in [0.1, 0.15) is 19.8 Å². The molecule has 0 aromatic heterocycles. The number of hydrogen-bond donors (Lipinski definition) is 1. The summed E-state index contributed by atoms with van der Waals surface area (Å²) in [5.41, 5.74) is -1.33. The number of aliphatic hydroxyl groups is 1. The molecule has 3 aliphatic heterocycles. The maximum Gasteiger partial charge on any atom is 0.249 e. The lowest BCUT2D eigenvalue weighted by Gasteiger charge is -2.47. The van der Waals surface area contributed by atoms with Gasteiger partial charge in [0.05, 0.1) is 25.0 Å². The number of nitrogens with zero attached hydrogens (tertiary/aromatic N) is 3. The van der Waals surface area contributed by atoms with Gasteiger partial charge >= 0.3 is 0 Å². The number of carbonyl (C=O) groups is 4. The first-order valence-corrected chi connectivity index (χ1v) is 8.37. The topological polar surface area (TPSA) is 98.2 Å². The second-order valence-corrected chi connectivity index (χ2v) is 7.43. The summed E-state index contributed by atoms with van der Waals surface area (Å²) >= 11 is 0. The van der Waals surface area contributed by atoms with E-state index in [-0.39, 0.29) is 55.3 Å². The van der Waals surface area contributed by atoms with Crippen molar-refractivity contribution in [2.45, 2.75) is 31.3 Å². The normalized spacial score (nSPS) is 39.0. The summed E-state index contributed by atoms with van der Waals surface area (Å²) in [7, 11) is 1.45. The van der Waals surface area contributed by atoms with Crippen molar-refractivity contribution in [1.82, 2.24) is 14.7 Å². The highest BCUT2D eigenvalue weighted by Crippen LogP contribution is 2.56. The van der Waals surface area contributed by atoms with Gasteiger partial charge < -0.3 is 14.9 Å². The minimum absolute atomic E-state index is 0.0530. The molecule has 3 heterocycles. The van der Waals surface area contributed by atoms with Gasteiger partial charge in [-0.1, -0.05) is 0 Å². The van der Waals surface area contributed by atoms with Gasteiger partial charge in [0.25, 0.3) is 0 Å². The number of carbonyl (C=O) groups excluding carboxylic acids is 4. The number of piperazine rings is 1. The Morgan fingerprint density at radius 1 is 1.17 bits per heavy atom. The smallest absolute Gasteiger partial charge is 0.249 e. The molecule has 24 heavy (non-hydrogen) atoms. The monoisotopic (exact) mass is 335 g/mol. The highest BCUT2D eigenvalue weighted by Gasteiger charge is 2.73. The molecule has 0 bridgehead atoms. The van der Waals surface area contributed by atoms with Gasteiger partial charge in [-0.2, -0.15) is 0 Å². The Hall–Kier alpha value is -1.96. The van der Waals surface area contributed by atoms with Crippen LogP contribution in [0.15, 0.2) is 0 Å². The molecular formula is C16H21N3O5. The van der Waals surface area contributed by atoms with Crippen LogP contribution in [-0.2, 0) is 19.2 Å². The molecule has 0 aromatic rings. The molecule has 4 atom stereocenters. The molecule has 0 unspecified atom stereocenters. The first kappa shape index (κ1) is 15.6. The minimum Gasteiger partial charge on any atom is -0.395 e. The van der Waals surface area contributed by atoms with Crippen LogP contribution < -0.4 is 0 Å². The van der Waals surface area contributed by atoms with E-state index in [1.54, 1.807) is 11.8 Å². The van der Waals surface area contributed by atoms with Gasteiger partial charge in [0.2, 0.25) is 23.6 Å². The van der Waals surface area contributed by atoms with E-state index in [9.17, 15) is 24.3 Å². The summed E-state index contributed by atoms with van der Waals surface area (Å²) in [4.78, 5) is 55.2. The van der Waals surface area contributed by atoms with Crippen molar-refractivity contribution < 1.29 is 24.3 Å². The highest BCUT2D eigenvalue weighted by atomic mass is 16.3. The Labute approximate surface area is 139 Å². The first-order chi connectivity index (χ1) is 11.3. The molecule has 1 aliphatic carbocycles. The Morgan fingerprint density at radius 3 is 2.42 bits per heavy atom. The lowest BCUT2D eigenvalue weighted by Crippen LogP contribution is -2.69. The fraction of sp³-hybridized carbons (Fsp3) is 0.750. The number of β-amino-alcohol motifs (C(OH)–C–C–N with tert-alkyl or cyclic N) is 1. The van der Waals surface area contributed by atoms with Crippen molar-refractivity contribution in [3.05, 3.63) is 0 Å². The third-order valence-electron chi connectivity index (χ3n) is 6.13. The molecule has 3 saturated heterocycles. The number of fused-ring (bicyclic) bond motifs is 3. The predicted molar refractivity (Wildman–Crippen MR) is 80.2 cm³/mol. The first-order valence-electron chi connectivity index (χ1n) is 8.37. The van der Waals surface area contributed by atoms with Crippen molar-refractivity contribution in [3.63, 3.8) is 0 Å². The van der Waals surface area contributed by atoms with Crippen molar-refractivity contribution in [2.24, 2.45) is 17.8 Å². The molecule has 4 aliphatic rings. The van der Waals surface area contributed by atoms with Crippen molar-refractivity contribution in [3.8, 4) is 0 Å². The largest absolute Gasteiger partial charge is 0.395 e. The second kappa shape index (κ2) is 4.78. The Morgan fingerprint density at radius 2 is 1.83 bits per heavy atom. The van der Waals surface area contributed by atoms with Crippen LogP contribution in [-0.4, -0.2) is 81.8 Å². The summed E-state index contributed by atoms with van der Waals surface area (Å²) in [6, 6.07) is -0.367. The summed E-state index contributed by atoms with van der Waals surface area (Å²) in [6.45, 7) is 1.32. The zero-order valence-electron chi connectivity index (χ0n) is 13.8. The van der Waals surface area contributed by atoms with Crippen LogP contribution in [0.2, 0.25) is 0 Å². The van der Waals surface area contributed by atoms with Crippen molar-refractivity contribution in [2.75, 3.05) is 26.7 Å². The Bertz CT molecular complexity index is 660. The number of likely N-dealkylation sites (tertiary alicyclic amines) is 1. The zero-order valence-corrected chi connectivity index (χ0v) is 13.8. The molecule has 4 rings (SSSR count). The quantitative estimate of drug-likeness (QED) is 0.629. The van der Waals surface area contributed by atoms with Crippen LogP contribution in [0.4, 0.5) is 0 Å². The second-order valence-electron chi connectivity index (χ2n) is 7.43. The molecule has 8 heteroatoms. The van der Waals surface area contributed by atoms with Gasteiger partial charge in [-0.25, -0.2) is 0 Å². The van der Waals surface area contributed by atoms with E-state index < -0.39 is 17.4 Å². The fourth-order valence-electron chi connectivity index (χ4n) is 4.93. The highest BCUT2D eigenvalue weighted by molar-refractivity contribution is 6.12. The van der Waals surface area contributed by atoms with Crippen molar-refractivity contribution >= 4 is 23.6 Å². The van der Waals surface area contributed by atoms with E-state index in [0.717, 1.165) is 17.7 Å². The molecule has 4 amide bonds. The third-order valence-corrected chi connectivity index (χ3v) is 6.13. The van der Waals surface area contributed by atoms with Crippen molar-refractivity contribution in [1.29, 1.82) is 0 Å². The molecule has 0 aromatic carbocycles. The molecule has 130 valence electrons. The predicted octanol–water partition coefficient (Wildman–Crippen LogP) is -1.57. The maximum atomic E-state index is 13.1. The van der Waals surface area contributed by atoms with E-state index in [4.69, 9.17) is 0 Å². The number of hydrogen-bond acceptors (Lipinski definition) is 5. The third kappa shape index (κ3) is 1.67. The average molecular weight is 335 g/mol. The zero-order chi connectivity index (χ0) is 17.4. The van der Waals surface area contributed by atoms with E-state index in [1.165, 1.54) is 11.9 Å². The number of rotatable bonds is 3. The summed E-state index contributed by atoms with van der Waals surface area (Å²) in [5.74, 6) is -2.51. The average Bonchev–Trinajstić information content (AvgIpc) is 3.30. The molecule has 4 fully saturated rings. The lowest BCUT2D eigenvalue weighted by molar-refractivity contribution is -0.168. The van der Waals surface area contributed by atoms with E-state index >= 15 is 0 Å². The molecule has 1 N–H and O–H groups in total. The van der Waals surface area contributed by atoms with E-state index in [2.05, 4.69) is 0 Å². The van der Waals surface area contributed by atoms with Crippen LogP contribution in [0.3, 0.4) is 0 Å². The number of imide groups is 1. The van der Waals surface area contributed by atoms with Crippen LogP contribution in [0.5, 0.6) is 0 Å². The van der Waals surface area contributed by atoms with E-state index in [1.807, 2.05) is 0 Å². The number of aliphatic hydroxyl groups excluding tert-OH is 1. The van der Waals surface area contributed by atoms with Crippen LogP contribution >= 0.6 is 0 Å². The van der Waals surface area contributed by atoms with Gasteiger partial charge in [0.1, 0.15) is 5.54 Å². The standard InChI is InChI=1S/C16H21N3O5/c1-16-11-10(13(22)17(2)14(11)23)12(8-3-4-8)19(16)9(21)7-18(5-6-20)15(16)24/h8,10-12,20H,3-7H2,1-2H3/t10-,11-,12-,16-/m1/s1. The molecule has 0 radical (unpaired) electrons. The SMILES string of the molecule is CN1C(=O)[C@H]2[C@@H](C3CC3)N3C(=O)CN(CCO)C(=O)[C@@]3(C)[C@H]2C1=O. The summed E-state index contributed by atoms with van der Waals surface area (Å²) in [6.07, 6.45) is 1.82. The van der Waals surface area contributed by atoms with Gasteiger partial charge in [-0.15, -0.1) is 0 Å². The summed E-state index contributed by atoms with van der Waals surface area (Å²) < 4.78 is 0. The lowest BCUT2D eigenvalue weighted by atomic mass is 9.79. The molecule has 0 spiro atoms. The fourth-order valence-corrected chi connectivity index (χ4v) is 4.93. The van der Waals surface area contributed by atoms with Gasteiger partial charge in [0, 0.05) is 19.6 Å². The van der Waals surface area contributed by atoms with E-state index in [0.29, 0.717) is 0 Å². The molecule has 8 nitrogen and oxygen atoms in total. The Balaban J connectivity index is 1.84. The van der Waals surface area contributed by atoms with Crippen LogP contribution in [0.25, 0.3) is 0 Å².